The van der Waals surface area contributed by atoms with Gasteiger partial charge in [-0.25, -0.2) is 0 Å². The predicted octanol–water partition coefficient (Wildman–Crippen LogP) is 3.16. The molecule has 1 saturated heterocycles. The van der Waals surface area contributed by atoms with Gasteiger partial charge in [-0.2, -0.15) is 0 Å². The van der Waals surface area contributed by atoms with E-state index in [1.807, 2.05) is 0 Å². The normalized spacial score (nSPS) is 36.9. The molecule has 0 spiro atoms. The molecular weight excluding hydrogens is 284 g/mol. The molecule has 1 aliphatic heterocycles. The number of amides is 1. The third-order valence-electron chi connectivity index (χ3n) is 6.58. The van der Waals surface area contributed by atoms with Crippen LogP contribution >= 0.6 is 0 Å². The second-order valence-corrected chi connectivity index (χ2v) is 7.80. The Bertz CT molecular complexity index is 556. The molecule has 1 amide bonds. The second kappa shape index (κ2) is 6.27. The van der Waals surface area contributed by atoms with Crippen LogP contribution < -0.4 is 5.73 Å². The van der Waals surface area contributed by atoms with E-state index in [-0.39, 0.29) is 12.0 Å². The summed E-state index contributed by atoms with van der Waals surface area (Å²) in [5.41, 5.74) is 7.81. The van der Waals surface area contributed by atoms with Crippen LogP contribution in [-0.2, 0) is 4.79 Å². The first-order chi connectivity index (χ1) is 11.2. The summed E-state index contributed by atoms with van der Waals surface area (Å²) in [6.45, 7) is 1.82. The molecule has 5 unspecified atom stereocenters. The molecule has 124 valence electrons. The van der Waals surface area contributed by atoms with Crippen LogP contribution in [0.2, 0.25) is 0 Å². The first-order valence-corrected chi connectivity index (χ1v) is 9.33. The lowest BCUT2D eigenvalue weighted by Crippen LogP contribution is -2.47. The summed E-state index contributed by atoms with van der Waals surface area (Å²) in [6.07, 6.45) is 7.04. The van der Waals surface area contributed by atoms with Gasteiger partial charge in [-0.1, -0.05) is 30.3 Å². The molecule has 0 radical (unpaired) electrons. The molecule has 4 rings (SSSR count). The summed E-state index contributed by atoms with van der Waals surface area (Å²) >= 11 is 0. The molecule has 0 aromatic heterocycles. The molecule has 1 heterocycles. The van der Waals surface area contributed by atoms with E-state index >= 15 is 0 Å². The Morgan fingerprint density at radius 1 is 1.00 bits per heavy atom. The summed E-state index contributed by atoms with van der Waals surface area (Å²) in [4.78, 5) is 15.2. The van der Waals surface area contributed by atoms with E-state index in [2.05, 4.69) is 35.2 Å². The minimum Gasteiger partial charge on any atom is -0.342 e. The van der Waals surface area contributed by atoms with Crippen LogP contribution in [0.1, 0.15) is 50.0 Å². The molecule has 3 aliphatic rings. The number of rotatable bonds is 2. The quantitative estimate of drug-likeness (QED) is 0.912. The van der Waals surface area contributed by atoms with Crippen LogP contribution in [-0.4, -0.2) is 29.9 Å². The molecule has 3 nitrogen and oxygen atoms in total. The number of carbonyl (C=O) groups is 1. The Morgan fingerprint density at radius 3 is 2.52 bits per heavy atom. The number of nitrogens with zero attached hydrogens (tertiary/aromatic N) is 1. The van der Waals surface area contributed by atoms with Crippen LogP contribution in [0.3, 0.4) is 0 Å². The van der Waals surface area contributed by atoms with Gasteiger partial charge < -0.3 is 10.6 Å². The van der Waals surface area contributed by atoms with Crippen LogP contribution in [0.4, 0.5) is 0 Å². The van der Waals surface area contributed by atoms with Crippen LogP contribution in [0.25, 0.3) is 0 Å². The van der Waals surface area contributed by atoms with Crippen molar-refractivity contribution in [1.29, 1.82) is 0 Å². The highest BCUT2D eigenvalue weighted by molar-refractivity contribution is 5.80. The van der Waals surface area contributed by atoms with E-state index in [1.54, 1.807) is 0 Å². The van der Waals surface area contributed by atoms with Crippen molar-refractivity contribution in [2.75, 3.05) is 13.1 Å². The third kappa shape index (κ3) is 2.80. The van der Waals surface area contributed by atoms with Gasteiger partial charge in [0.1, 0.15) is 0 Å². The molecule has 3 fully saturated rings. The van der Waals surface area contributed by atoms with Gasteiger partial charge in [0.05, 0.1) is 5.92 Å². The molecular formula is C20H28N2O. The third-order valence-corrected chi connectivity index (χ3v) is 6.58. The highest BCUT2D eigenvalue weighted by Crippen LogP contribution is 2.48. The fraction of sp³-hybridized carbons (Fsp3) is 0.650. The maximum Gasteiger partial charge on any atom is 0.227 e. The van der Waals surface area contributed by atoms with Gasteiger partial charge in [-0.05, 0) is 61.8 Å². The van der Waals surface area contributed by atoms with Crippen molar-refractivity contribution in [2.45, 2.75) is 50.5 Å². The van der Waals surface area contributed by atoms with E-state index < -0.39 is 0 Å². The van der Waals surface area contributed by atoms with Crippen molar-refractivity contribution in [2.24, 2.45) is 23.5 Å². The summed E-state index contributed by atoms with van der Waals surface area (Å²) in [7, 11) is 0. The van der Waals surface area contributed by atoms with Crippen molar-refractivity contribution in [1.82, 2.24) is 4.90 Å². The van der Waals surface area contributed by atoms with Gasteiger partial charge in [-0.15, -0.1) is 0 Å². The number of hydrogen-bond acceptors (Lipinski definition) is 2. The first-order valence-electron chi connectivity index (χ1n) is 9.33. The van der Waals surface area contributed by atoms with Gasteiger partial charge in [0.25, 0.3) is 0 Å². The molecule has 1 aromatic carbocycles. The Hall–Kier alpha value is -1.35. The topological polar surface area (TPSA) is 46.3 Å². The lowest BCUT2D eigenvalue weighted by atomic mass is 9.84. The maximum absolute atomic E-state index is 13.0. The zero-order valence-corrected chi connectivity index (χ0v) is 13.9. The second-order valence-electron chi connectivity index (χ2n) is 7.80. The van der Waals surface area contributed by atoms with Crippen molar-refractivity contribution in [3.63, 3.8) is 0 Å². The van der Waals surface area contributed by atoms with Crippen molar-refractivity contribution in [3.05, 3.63) is 35.9 Å². The largest absolute Gasteiger partial charge is 0.342 e. The van der Waals surface area contributed by atoms with E-state index in [0.717, 1.165) is 25.9 Å². The Labute approximate surface area is 139 Å². The summed E-state index contributed by atoms with van der Waals surface area (Å²) in [6, 6.07) is 10.9. The van der Waals surface area contributed by atoms with E-state index in [1.165, 1.54) is 31.2 Å². The van der Waals surface area contributed by atoms with Gasteiger partial charge in [0.2, 0.25) is 5.91 Å². The Morgan fingerprint density at radius 2 is 1.78 bits per heavy atom. The average Bonchev–Trinajstić information content (AvgIpc) is 3.07. The molecule has 3 heteroatoms. The summed E-state index contributed by atoms with van der Waals surface area (Å²) < 4.78 is 0. The monoisotopic (exact) mass is 312 g/mol. The lowest BCUT2D eigenvalue weighted by molar-refractivity contribution is -0.137. The smallest absolute Gasteiger partial charge is 0.227 e. The SMILES string of the molecule is NC1C2CCC(C2)C1C(=O)N1CCCC(c2ccccc2)CC1. The standard InChI is InChI=1S/C20H28N2O/c21-19-17-9-8-16(13-17)18(19)20(23)22-11-4-7-15(10-12-22)14-5-2-1-3-6-14/h1-3,5-6,15-19H,4,7-13,21H2. The fourth-order valence-electron chi connectivity index (χ4n) is 5.29. The lowest BCUT2D eigenvalue weighted by Gasteiger charge is -2.32. The molecule has 2 N–H and O–H groups in total. The zero-order chi connectivity index (χ0) is 15.8. The number of hydrogen-bond donors (Lipinski definition) is 1. The Balaban J connectivity index is 1.42. The number of likely N-dealkylation sites (tertiary alicyclic amines) is 1. The average molecular weight is 312 g/mol. The van der Waals surface area contributed by atoms with Crippen LogP contribution in [0.5, 0.6) is 0 Å². The zero-order valence-electron chi connectivity index (χ0n) is 13.9. The maximum atomic E-state index is 13.0. The first kappa shape index (κ1) is 15.2. The molecule has 5 atom stereocenters. The highest BCUT2D eigenvalue weighted by atomic mass is 16.2. The van der Waals surface area contributed by atoms with Gasteiger partial charge in [0, 0.05) is 19.1 Å². The van der Waals surface area contributed by atoms with Gasteiger partial charge in [-0.3, -0.25) is 4.79 Å². The van der Waals surface area contributed by atoms with Crippen molar-refractivity contribution >= 4 is 5.91 Å². The molecule has 2 aliphatic carbocycles. The van der Waals surface area contributed by atoms with E-state index in [0.29, 0.717) is 23.7 Å². The minimum absolute atomic E-state index is 0.113. The molecule has 2 bridgehead atoms. The summed E-state index contributed by atoms with van der Waals surface area (Å²) in [5.74, 6) is 2.25. The summed E-state index contributed by atoms with van der Waals surface area (Å²) in [5, 5.41) is 0. The number of nitrogens with two attached hydrogens (primary N) is 1. The van der Waals surface area contributed by atoms with Crippen molar-refractivity contribution in [3.8, 4) is 0 Å². The number of fused-ring (bicyclic) bond motifs is 2. The van der Waals surface area contributed by atoms with Gasteiger partial charge >= 0.3 is 0 Å². The Kier molecular flexibility index (Phi) is 4.14. The van der Waals surface area contributed by atoms with Crippen molar-refractivity contribution < 1.29 is 4.79 Å². The molecule has 2 saturated carbocycles. The number of carbonyl (C=O) groups excluding carboxylic acids is 1. The predicted molar refractivity (Wildman–Crippen MR) is 91.9 cm³/mol. The molecule has 1 aromatic rings. The van der Waals surface area contributed by atoms with E-state index in [4.69, 9.17) is 5.73 Å². The van der Waals surface area contributed by atoms with Crippen LogP contribution in [0.15, 0.2) is 30.3 Å². The highest BCUT2D eigenvalue weighted by Gasteiger charge is 2.50. The van der Waals surface area contributed by atoms with Crippen LogP contribution in [0, 0.1) is 17.8 Å². The van der Waals surface area contributed by atoms with Gasteiger partial charge in [0.15, 0.2) is 0 Å². The molecule has 23 heavy (non-hydrogen) atoms. The minimum atomic E-state index is 0.113. The number of benzene rings is 1. The fourth-order valence-corrected chi connectivity index (χ4v) is 5.29. The van der Waals surface area contributed by atoms with E-state index in [9.17, 15) is 4.79 Å².